The van der Waals surface area contributed by atoms with Crippen LogP contribution in [0.4, 0.5) is 4.39 Å². The average Bonchev–Trinajstić information content (AvgIpc) is 2.43. The third-order valence-corrected chi connectivity index (χ3v) is 4.91. The van der Waals surface area contributed by atoms with E-state index >= 15 is 0 Å². The largest absolute Gasteiger partial charge is 0.313 e. The summed E-state index contributed by atoms with van der Waals surface area (Å²) in [6.45, 7) is 2.69. The van der Waals surface area contributed by atoms with Crippen molar-refractivity contribution in [2.75, 3.05) is 38.2 Å². The van der Waals surface area contributed by atoms with E-state index in [1.807, 2.05) is 19.2 Å². The van der Waals surface area contributed by atoms with Crippen molar-refractivity contribution in [1.82, 2.24) is 10.2 Å². The van der Waals surface area contributed by atoms with Crippen molar-refractivity contribution < 1.29 is 8.60 Å². The first-order chi connectivity index (χ1) is 9.20. The van der Waals surface area contributed by atoms with Gasteiger partial charge in [0.15, 0.2) is 0 Å². The van der Waals surface area contributed by atoms with Gasteiger partial charge in [0.1, 0.15) is 5.82 Å². The molecular formula is C14H21FN2OS. The number of nitrogens with one attached hydrogen (secondary N) is 1. The van der Waals surface area contributed by atoms with Gasteiger partial charge in [-0.1, -0.05) is 18.2 Å². The first-order valence-corrected chi connectivity index (χ1v) is 8.18. The number of halogens is 1. The van der Waals surface area contributed by atoms with Crippen LogP contribution >= 0.6 is 0 Å². The van der Waals surface area contributed by atoms with E-state index in [1.165, 1.54) is 6.07 Å². The van der Waals surface area contributed by atoms with Gasteiger partial charge < -0.3 is 10.2 Å². The normalized spacial score (nSPS) is 19.5. The fraction of sp³-hybridized carbons (Fsp3) is 0.571. The van der Waals surface area contributed by atoms with Crippen molar-refractivity contribution in [2.45, 2.75) is 12.5 Å². The van der Waals surface area contributed by atoms with E-state index < -0.39 is 10.8 Å². The summed E-state index contributed by atoms with van der Waals surface area (Å²) in [6.07, 6.45) is 0.865. The Balaban J connectivity index is 1.89. The Morgan fingerprint density at radius 2 is 2.05 bits per heavy atom. The van der Waals surface area contributed by atoms with Crippen molar-refractivity contribution in [3.05, 3.63) is 35.6 Å². The topological polar surface area (TPSA) is 32.3 Å². The summed E-state index contributed by atoms with van der Waals surface area (Å²) in [7, 11) is 1.23. The molecule has 1 saturated heterocycles. The molecule has 1 aliphatic heterocycles. The van der Waals surface area contributed by atoms with E-state index in [1.54, 1.807) is 6.07 Å². The number of hydrogen-bond donors (Lipinski definition) is 1. The SMILES string of the molecule is CNC(CCN1CCS(=O)CC1)c1ccccc1F. The minimum atomic E-state index is -0.634. The molecule has 1 atom stereocenters. The standard InChI is InChI=1S/C14H21FN2OS/c1-16-14(12-4-2-3-5-13(12)15)6-7-17-8-10-19(18)11-9-17/h2-5,14,16H,6-11H2,1H3. The summed E-state index contributed by atoms with van der Waals surface area (Å²) in [6, 6.07) is 6.96. The van der Waals surface area contributed by atoms with Crippen LogP contribution < -0.4 is 5.32 Å². The molecule has 1 aromatic carbocycles. The Morgan fingerprint density at radius 3 is 2.68 bits per heavy atom. The summed E-state index contributed by atoms with van der Waals surface area (Å²) in [4.78, 5) is 2.31. The molecule has 0 bridgehead atoms. The minimum absolute atomic E-state index is 0.0358. The molecule has 3 nitrogen and oxygen atoms in total. The van der Waals surface area contributed by atoms with Gasteiger partial charge in [-0.2, -0.15) is 0 Å². The van der Waals surface area contributed by atoms with Gasteiger partial charge in [0.05, 0.1) is 0 Å². The molecule has 2 rings (SSSR count). The Morgan fingerprint density at radius 1 is 1.37 bits per heavy atom. The molecule has 0 aromatic heterocycles. The van der Waals surface area contributed by atoms with Gasteiger partial charge in [-0.25, -0.2) is 4.39 Å². The quantitative estimate of drug-likeness (QED) is 0.890. The molecule has 0 saturated carbocycles. The van der Waals surface area contributed by atoms with Gasteiger partial charge in [-0.15, -0.1) is 0 Å². The molecule has 106 valence electrons. The first kappa shape index (κ1) is 14.6. The monoisotopic (exact) mass is 284 g/mol. The van der Waals surface area contributed by atoms with E-state index in [0.717, 1.165) is 43.1 Å². The van der Waals surface area contributed by atoms with Crippen LogP contribution in [0.2, 0.25) is 0 Å². The third kappa shape index (κ3) is 4.09. The van der Waals surface area contributed by atoms with Crippen LogP contribution in [0.5, 0.6) is 0 Å². The van der Waals surface area contributed by atoms with Crippen molar-refractivity contribution in [3.8, 4) is 0 Å². The molecule has 1 N–H and O–H groups in total. The fourth-order valence-electron chi connectivity index (χ4n) is 2.42. The lowest BCUT2D eigenvalue weighted by molar-refractivity contribution is 0.279. The lowest BCUT2D eigenvalue weighted by atomic mass is 10.0. The molecule has 1 aliphatic rings. The molecule has 1 aromatic rings. The predicted molar refractivity (Wildman–Crippen MR) is 77.1 cm³/mol. The maximum absolute atomic E-state index is 13.7. The maximum atomic E-state index is 13.7. The Bertz CT molecular complexity index is 431. The van der Waals surface area contributed by atoms with Crippen molar-refractivity contribution in [2.24, 2.45) is 0 Å². The van der Waals surface area contributed by atoms with Crippen LogP contribution in [0.3, 0.4) is 0 Å². The molecule has 0 radical (unpaired) electrons. The number of benzene rings is 1. The molecule has 0 spiro atoms. The maximum Gasteiger partial charge on any atom is 0.127 e. The van der Waals surface area contributed by atoms with Gasteiger partial charge in [0.2, 0.25) is 0 Å². The highest BCUT2D eigenvalue weighted by atomic mass is 32.2. The summed E-state index contributed by atoms with van der Waals surface area (Å²) in [5.74, 6) is 1.38. The zero-order chi connectivity index (χ0) is 13.7. The molecule has 5 heteroatoms. The van der Waals surface area contributed by atoms with Gasteiger partial charge in [0, 0.05) is 53.5 Å². The van der Waals surface area contributed by atoms with Crippen LogP contribution in [0.1, 0.15) is 18.0 Å². The first-order valence-electron chi connectivity index (χ1n) is 6.69. The summed E-state index contributed by atoms with van der Waals surface area (Å²) in [5.41, 5.74) is 0.727. The highest BCUT2D eigenvalue weighted by molar-refractivity contribution is 7.85. The van der Waals surface area contributed by atoms with Crippen LogP contribution in [-0.2, 0) is 10.8 Å². The minimum Gasteiger partial charge on any atom is -0.313 e. The molecule has 0 aliphatic carbocycles. The van der Waals surface area contributed by atoms with Gasteiger partial charge >= 0.3 is 0 Å². The number of rotatable bonds is 5. The van der Waals surface area contributed by atoms with Crippen molar-refractivity contribution in [1.29, 1.82) is 0 Å². The van der Waals surface area contributed by atoms with E-state index in [4.69, 9.17) is 0 Å². The zero-order valence-electron chi connectivity index (χ0n) is 11.3. The Kier molecular flexibility index (Phi) is 5.48. The lowest BCUT2D eigenvalue weighted by Gasteiger charge is -2.28. The van der Waals surface area contributed by atoms with Crippen LogP contribution in [0.15, 0.2) is 24.3 Å². The van der Waals surface area contributed by atoms with Gasteiger partial charge in [-0.3, -0.25) is 4.21 Å². The van der Waals surface area contributed by atoms with E-state index in [-0.39, 0.29) is 11.9 Å². The Labute approximate surface area is 116 Å². The second-order valence-corrected chi connectivity index (χ2v) is 6.54. The van der Waals surface area contributed by atoms with E-state index in [2.05, 4.69) is 10.2 Å². The van der Waals surface area contributed by atoms with Crippen LogP contribution in [0.25, 0.3) is 0 Å². The zero-order valence-corrected chi connectivity index (χ0v) is 12.1. The second-order valence-electron chi connectivity index (χ2n) is 4.84. The van der Waals surface area contributed by atoms with E-state index in [0.29, 0.717) is 0 Å². The molecule has 0 amide bonds. The molecule has 1 heterocycles. The Hall–Kier alpha value is -0.780. The number of hydrogen-bond acceptors (Lipinski definition) is 3. The van der Waals surface area contributed by atoms with Crippen LogP contribution in [0, 0.1) is 5.82 Å². The summed E-state index contributed by atoms with van der Waals surface area (Å²) < 4.78 is 25.0. The van der Waals surface area contributed by atoms with Crippen molar-refractivity contribution in [3.63, 3.8) is 0 Å². The summed E-state index contributed by atoms with van der Waals surface area (Å²) in [5, 5.41) is 3.18. The molecule has 1 unspecified atom stereocenters. The van der Waals surface area contributed by atoms with Crippen LogP contribution in [-0.4, -0.2) is 47.3 Å². The lowest BCUT2D eigenvalue weighted by Crippen LogP contribution is -2.39. The predicted octanol–water partition coefficient (Wildman–Crippen LogP) is 1.54. The van der Waals surface area contributed by atoms with E-state index in [9.17, 15) is 8.60 Å². The smallest absolute Gasteiger partial charge is 0.127 e. The second kappa shape index (κ2) is 7.12. The van der Waals surface area contributed by atoms with Crippen molar-refractivity contribution >= 4 is 10.8 Å². The highest BCUT2D eigenvalue weighted by Crippen LogP contribution is 2.20. The highest BCUT2D eigenvalue weighted by Gasteiger charge is 2.18. The number of nitrogens with zero attached hydrogens (tertiary/aromatic N) is 1. The molecule has 1 fully saturated rings. The fourth-order valence-corrected chi connectivity index (χ4v) is 3.55. The van der Waals surface area contributed by atoms with Gasteiger partial charge in [-0.05, 0) is 19.5 Å². The summed E-state index contributed by atoms with van der Waals surface area (Å²) >= 11 is 0. The van der Waals surface area contributed by atoms with Gasteiger partial charge in [0.25, 0.3) is 0 Å². The molecular weight excluding hydrogens is 263 g/mol. The third-order valence-electron chi connectivity index (χ3n) is 3.63. The average molecular weight is 284 g/mol. The molecule has 19 heavy (non-hydrogen) atoms.